The van der Waals surface area contributed by atoms with Crippen LogP contribution < -0.4 is 4.74 Å². The molecule has 1 aliphatic rings. The molecule has 2 heterocycles. The first-order valence-corrected chi connectivity index (χ1v) is 10.3. The zero-order valence-corrected chi connectivity index (χ0v) is 17.6. The molecule has 0 bridgehead atoms. The smallest absolute Gasteiger partial charge is 0.295 e. The number of aliphatic hydroxyl groups is 1. The second kappa shape index (κ2) is 9.48. The number of amides is 1. The SMILES string of the molecule is C=CCOc1cccc(C2C(=C(O)c3ccc(F)cc3)C(=O)C(=O)N2Cc2ccncc2)c1. The van der Waals surface area contributed by atoms with Crippen molar-refractivity contribution in [1.29, 1.82) is 0 Å². The molecule has 1 amide bonds. The minimum Gasteiger partial charge on any atom is -0.507 e. The van der Waals surface area contributed by atoms with E-state index in [2.05, 4.69) is 11.6 Å². The lowest BCUT2D eigenvalue weighted by atomic mass is 9.95. The monoisotopic (exact) mass is 444 g/mol. The third-order valence-corrected chi connectivity index (χ3v) is 5.30. The molecule has 6 nitrogen and oxygen atoms in total. The number of hydrogen-bond acceptors (Lipinski definition) is 5. The first-order chi connectivity index (χ1) is 16.0. The third kappa shape index (κ3) is 4.52. The maximum absolute atomic E-state index is 13.4. The van der Waals surface area contributed by atoms with E-state index in [0.717, 1.165) is 5.56 Å². The van der Waals surface area contributed by atoms with Gasteiger partial charge in [0.1, 0.15) is 23.9 Å². The number of pyridine rings is 1. The molecule has 1 aromatic heterocycles. The Kier molecular flexibility index (Phi) is 6.31. The summed E-state index contributed by atoms with van der Waals surface area (Å²) in [4.78, 5) is 31.5. The molecule has 1 unspecified atom stereocenters. The lowest BCUT2D eigenvalue weighted by Gasteiger charge is -2.25. The van der Waals surface area contributed by atoms with Gasteiger partial charge in [-0.1, -0.05) is 24.8 Å². The van der Waals surface area contributed by atoms with Gasteiger partial charge in [-0.05, 0) is 59.7 Å². The molecule has 1 N–H and O–H groups in total. The maximum Gasteiger partial charge on any atom is 0.295 e. The molecule has 1 aliphatic heterocycles. The highest BCUT2D eigenvalue weighted by molar-refractivity contribution is 6.46. The Bertz CT molecular complexity index is 1220. The van der Waals surface area contributed by atoms with Crippen LogP contribution in [-0.2, 0) is 16.1 Å². The van der Waals surface area contributed by atoms with Gasteiger partial charge in [0.2, 0.25) is 0 Å². The molecule has 7 heteroatoms. The number of carbonyl (C=O) groups is 2. The van der Waals surface area contributed by atoms with Crippen LogP contribution in [0, 0.1) is 5.82 Å². The summed E-state index contributed by atoms with van der Waals surface area (Å²) in [6.45, 7) is 4.06. The van der Waals surface area contributed by atoms with Crippen molar-refractivity contribution in [3.8, 4) is 5.75 Å². The standard InChI is InChI=1S/C26H21FN2O4/c1-2-14-33-21-5-3-4-19(15-21)23-22(24(30)18-6-8-20(27)9-7-18)25(31)26(32)29(23)16-17-10-12-28-13-11-17/h2-13,15,23,30H,1,14,16H2. The third-order valence-electron chi connectivity index (χ3n) is 5.30. The number of likely N-dealkylation sites (tertiary alicyclic amines) is 1. The topological polar surface area (TPSA) is 79.7 Å². The second-order valence-electron chi connectivity index (χ2n) is 7.46. The molecule has 1 fully saturated rings. The Labute approximate surface area is 190 Å². The van der Waals surface area contributed by atoms with Crippen LogP contribution in [0.3, 0.4) is 0 Å². The van der Waals surface area contributed by atoms with Crippen molar-refractivity contribution >= 4 is 17.4 Å². The van der Waals surface area contributed by atoms with Gasteiger partial charge in [0.15, 0.2) is 0 Å². The number of benzene rings is 2. The summed E-state index contributed by atoms with van der Waals surface area (Å²) in [5, 5.41) is 11.0. The predicted octanol–water partition coefficient (Wildman–Crippen LogP) is 4.41. The number of ketones is 1. The van der Waals surface area contributed by atoms with Crippen molar-refractivity contribution in [2.75, 3.05) is 6.61 Å². The largest absolute Gasteiger partial charge is 0.507 e. The van der Waals surface area contributed by atoms with Gasteiger partial charge < -0.3 is 14.7 Å². The Hall–Kier alpha value is -4.26. The van der Waals surface area contributed by atoms with Gasteiger partial charge in [-0.15, -0.1) is 0 Å². The van der Waals surface area contributed by atoms with E-state index in [1.165, 1.54) is 29.2 Å². The average molecular weight is 444 g/mol. The first-order valence-electron chi connectivity index (χ1n) is 10.3. The van der Waals surface area contributed by atoms with E-state index in [-0.39, 0.29) is 30.0 Å². The van der Waals surface area contributed by atoms with Crippen LogP contribution in [0.4, 0.5) is 4.39 Å². The van der Waals surface area contributed by atoms with Crippen LogP contribution in [-0.4, -0.2) is 33.3 Å². The minimum absolute atomic E-state index is 0.0680. The van der Waals surface area contributed by atoms with Crippen LogP contribution in [0.1, 0.15) is 22.7 Å². The Balaban J connectivity index is 1.84. The van der Waals surface area contributed by atoms with Crippen molar-refractivity contribution in [2.24, 2.45) is 0 Å². The number of carbonyl (C=O) groups excluding carboxylic acids is 2. The highest BCUT2D eigenvalue weighted by Crippen LogP contribution is 2.41. The summed E-state index contributed by atoms with van der Waals surface area (Å²) in [6.07, 6.45) is 4.81. The molecule has 3 aromatic rings. The Morgan fingerprint density at radius 1 is 1.12 bits per heavy atom. The highest BCUT2D eigenvalue weighted by atomic mass is 19.1. The van der Waals surface area contributed by atoms with Gasteiger partial charge in [-0.2, -0.15) is 0 Å². The molecule has 4 rings (SSSR count). The normalized spacial score (nSPS) is 17.2. The van der Waals surface area contributed by atoms with Gasteiger partial charge >= 0.3 is 0 Å². The molecule has 0 aliphatic carbocycles. The fourth-order valence-corrected chi connectivity index (χ4v) is 3.77. The van der Waals surface area contributed by atoms with Gasteiger partial charge in [0.05, 0.1) is 11.6 Å². The minimum atomic E-state index is -0.865. The maximum atomic E-state index is 13.4. The highest BCUT2D eigenvalue weighted by Gasteiger charge is 2.46. The van der Waals surface area contributed by atoms with Gasteiger partial charge in [0, 0.05) is 24.5 Å². The van der Waals surface area contributed by atoms with Crippen molar-refractivity contribution in [3.05, 3.63) is 114 Å². The predicted molar refractivity (Wildman–Crippen MR) is 121 cm³/mol. The summed E-state index contributed by atoms with van der Waals surface area (Å²) in [5.41, 5.74) is 1.54. The van der Waals surface area contributed by atoms with Crippen molar-refractivity contribution < 1.29 is 23.8 Å². The number of ether oxygens (including phenoxy) is 1. The molecule has 0 spiro atoms. The molecular formula is C26H21FN2O4. The van der Waals surface area contributed by atoms with Crippen LogP contribution in [0.15, 0.2) is 91.3 Å². The molecule has 0 radical (unpaired) electrons. The van der Waals surface area contributed by atoms with E-state index in [0.29, 0.717) is 11.3 Å². The molecule has 2 aromatic carbocycles. The lowest BCUT2D eigenvalue weighted by Crippen LogP contribution is -2.29. The zero-order chi connectivity index (χ0) is 23.4. The molecule has 1 atom stereocenters. The van der Waals surface area contributed by atoms with Crippen LogP contribution in [0.2, 0.25) is 0 Å². The zero-order valence-electron chi connectivity index (χ0n) is 17.6. The summed E-state index contributed by atoms with van der Waals surface area (Å²) in [7, 11) is 0. The number of Topliss-reactive ketones (excluding diaryl/α,β-unsaturated/α-hetero) is 1. The van der Waals surface area contributed by atoms with Crippen molar-refractivity contribution in [2.45, 2.75) is 12.6 Å². The summed E-state index contributed by atoms with van der Waals surface area (Å²) >= 11 is 0. The molecule has 0 saturated carbocycles. The summed E-state index contributed by atoms with van der Waals surface area (Å²) in [5.74, 6) is -1.86. The summed E-state index contributed by atoms with van der Waals surface area (Å²) < 4.78 is 19.0. The van der Waals surface area contributed by atoms with Crippen LogP contribution in [0.25, 0.3) is 5.76 Å². The lowest BCUT2D eigenvalue weighted by molar-refractivity contribution is -0.140. The van der Waals surface area contributed by atoms with E-state index in [1.807, 2.05) is 0 Å². The number of hydrogen-bond donors (Lipinski definition) is 1. The van der Waals surface area contributed by atoms with Crippen molar-refractivity contribution in [1.82, 2.24) is 9.88 Å². The molecule has 33 heavy (non-hydrogen) atoms. The van der Waals surface area contributed by atoms with Crippen molar-refractivity contribution in [3.63, 3.8) is 0 Å². The summed E-state index contributed by atoms with van der Waals surface area (Å²) in [6, 6.07) is 14.7. The van der Waals surface area contributed by atoms with E-state index in [1.54, 1.807) is 54.9 Å². The number of rotatable bonds is 7. The number of aliphatic hydroxyl groups excluding tert-OH is 1. The fourth-order valence-electron chi connectivity index (χ4n) is 3.77. The Morgan fingerprint density at radius 3 is 2.55 bits per heavy atom. The van der Waals surface area contributed by atoms with E-state index >= 15 is 0 Å². The number of nitrogens with zero attached hydrogens (tertiary/aromatic N) is 2. The first kappa shape index (κ1) is 22.0. The second-order valence-corrected chi connectivity index (χ2v) is 7.46. The van der Waals surface area contributed by atoms with Gasteiger partial charge in [-0.25, -0.2) is 4.39 Å². The van der Waals surface area contributed by atoms with Gasteiger partial charge in [0.25, 0.3) is 11.7 Å². The van der Waals surface area contributed by atoms with E-state index in [4.69, 9.17) is 4.74 Å². The molecular weight excluding hydrogens is 423 g/mol. The quantitative estimate of drug-likeness (QED) is 0.253. The van der Waals surface area contributed by atoms with Crippen LogP contribution >= 0.6 is 0 Å². The number of aromatic nitrogens is 1. The molecule has 1 saturated heterocycles. The Morgan fingerprint density at radius 2 is 1.85 bits per heavy atom. The average Bonchev–Trinajstić information content (AvgIpc) is 3.08. The number of halogens is 1. The van der Waals surface area contributed by atoms with E-state index < -0.39 is 23.5 Å². The molecule has 166 valence electrons. The fraction of sp³-hybridized carbons (Fsp3) is 0.115. The van der Waals surface area contributed by atoms with Crippen LogP contribution in [0.5, 0.6) is 5.75 Å². The van der Waals surface area contributed by atoms with Gasteiger partial charge in [-0.3, -0.25) is 14.6 Å². The van der Waals surface area contributed by atoms with E-state index in [9.17, 15) is 19.1 Å².